The van der Waals surface area contributed by atoms with Crippen molar-refractivity contribution in [3.63, 3.8) is 0 Å². The van der Waals surface area contributed by atoms with Crippen LogP contribution in [0.1, 0.15) is 27.5 Å². The largest absolute Gasteiger partial charge is 0.359 e. The molecular weight excluding hydrogens is 246 g/mol. The summed E-state index contributed by atoms with van der Waals surface area (Å²) in [6, 6.07) is 5.03. The average Bonchev–Trinajstić information content (AvgIpc) is 2.81. The summed E-state index contributed by atoms with van der Waals surface area (Å²) in [5.41, 5.74) is 4.38. The number of pyridine rings is 1. The molecule has 2 aromatic rings. The first kappa shape index (κ1) is 13.0. The van der Waals surface area contributed by atoms with Crippen molar-refractivity contribution in [2.75, 3.05) is 5.43 Å². The molecule has 0 aliphatic carbocycles. The molecule has 0 saturated heterocycles. The molecular formula is C12H15N5O2. The van der Waals surface area contributed by atoms with Crippen LogP contribution in [-0.4, -0.2) is 16.0 Å². The van der Waals surface area contributed by atoms with E-state index in [1.807, 2.05) is 6.92 Å². The van der Waals surface area contributed by atoms with E-state index in [0.29, 0.717) is 22.8 Å². The number of carbonyl (C=O) groups excluding carboxylic acids is 1. The third-order valence-electron chi connectivity index (χ3n) is 2.46. The van der Waals surface area contributed by atoms with Gasteiger partial charge in [-0.2, -0.15) is 0 Å². The molecule has 19 heavy (non-hydrogen) atoms. The summed E-state index contributed by atoms with van der Waals surface area (Å²) in [5.74, 6) is 6.11. The molecule has 0 aromatic carbocycles. The summed E-state index contributed by atoms with van der Waals surface area (Å²) >= 11 is 0. The van der Waals surface area contributed by atoms with Crippen LogP contribution >= 0.6 is 0 Å². The Morgan fingerprint density at radius 1 is 1.32 bits per heavy atom. The molecule has 0 spiro atoms. The van der Waals surface area contributed by atoms with Gasteiger partial charge in [0.15, 0.2) is 5.76 Å². The molecule has 0 atom stereocenters. The summed E-state index contributed by atoms with van der Waals surface area (Å²) in [5, 5.41) is 6.48. The Hall–Kier alpha value is -2.41. The number of amides is 1. The van der Waals surface area contributed by atoms with Crippen molar-refractivity contribution in [1.82, 2.24) is 15.5 Å². The fourth-order valence-electron chi connectivity index (χ4n) is 1.64. The summed E-state index contributed by atoms with van der Waals surface area (Å²) in [6.07, 6.45) is 0. The lowest BCUT2D eigenvalue weighted by Gasteiger charge is -2.06. The normalized spacial score (nSPS) is 10.3. The first-order valence-corrected chi connectivity index (χ1v) is 5.74. The average molecular weight is 261 g/mol. The Morgan fingerprint density at radius 3 is 2.74 bits per heavy atom. The molecule has 7 heteroatoms. The molecule has 1 amide bonds. The molecule has 0 unspecified atom stereocenters. The number of aryl methyl sites for hydroxylation is 2. The molecule has 2 rings (SSSR count). The number of nitrogens with zero attached hydrogens (tertiary/aromatic N) is 2. The molecule has 4 N–H and O–H groups in total. The van der Waals surface area contributed by atoms with Gasteiger partial charge in [-0.1, -0.05) is 5.16 Å². The van der Waals surface area contributed by atoms with E-state index in [-0.39, 0.29) is 12.5 Å². The number of nitrogens with one attached hydrogen (secondary N) is 2. The molecule has 7 nitrogen and oxygen atoms in total. The van der Waals surface area contributed by atoms with Crippen LogP contribution in [0.4, 0.5) is 5.82 Å². The maximum atomic E-state index is 12.0. The first-order valence-electron chi connectivity index (χ1n) is 5.74. The number of hydrazine groups is 1. The molecule has 0 aliphatic rings. The van der Waals surface area contributed by atoms with E-state index in [2.05, 4.69) is 20.9 Å². The van der Waals surface area contributed by atoms with Crippen LogP contribution in [0.15, 0.2) is 22.7 Å². The number of anilines is 1. The Balaban J connectivity index is 2.05. The van der Waals surface area contributed by atoms with Crippen LogP contribution in [0, 0.1) is 13.8 Å². The standard InChI is InChI=1S/C12H15N5O2/c1-7-3-9(5-11(15-7)16-13)12(18)14-6-10-4-8(2)17-19-10/h3-5H,6,13H2,1-2H3,(H,14,18)(H,15,16). The van der Waals surface area contributed by atoms with E-state index in [0.717, 1.165) is 5.69 Å². The van der Waals surface area contributed by atoms with Crippen molar-refractivity contribution < 1.29 is 9.32 Å². The molecule has 0 radical (unpaired) electrons. The highest BCUT2D eigenvalue weighted by Crippen LogP contribution is 2.09. The smallest absolute Gasteiger partial charge is 0.251 e. The highest BCUT2D eigenvalue weighted by Gasteiger charge is 2.09. The monoisotopic (exact) mass is 261 g/mol. The molecule has 0 saturated carbocycles. The second-order valence-electron chi connectivity index (χ2n) is 4.14. The van der Waals surface area contributed by atoms with Crippen molar-refractivity contribution in [2.45, 2.75) is 20.4 Å². The lowest BCUT2D eigenvalue weighted by molar-refractivity contribution is 0.0947. The second kappa shape index (κ2) is 5.49. The molecule has 100 valence electrons. The number of hydrogen-bond acceptors (Lipinski definition) is 6. The Morgan fingerprint density at radius 2 is 2.11 bits per heavy atom. The van der Waals surface area contributed by atoms with Gasteiger partial charge >= 0.3 is 0 Å². The van der Waals surface area contributed by atoms with E-state index in [1.165, 1.54) is 0 Å². The van der Waals surface area contributed by atoms with Crippen LogP contribution in [0.2, 0.25) is 0 Å². The predicted molar refractivity (Wildman–Crippen MR) is 69.2 cm³/mol. The van der Waals surface area contributed by atoms with Gasteiger partial charge < -0.3 is 15.3 Å². The summed E-state index contributed by atoms with van der Waals surface area (Å²) in [4.78, 5) is 16.1. The number of carbonyl (C=O) groups is 1. The summed E-state index contributed by atoms with van der Waals surface area (Å²) < 4.78 is 5.01. The zero-order valence-corrected chi connectivity index (χ0v) is 10.7. The molecule has 0 fully saturated rings. The van der Waals surface area contributed by atoms with E-state index in [1.54, 1.807) is 25.1 Å². The fourth-order valence-corrected chi connectivity index (χ4v) is 1.64. The minimum absolute atomic E-state index is 0.226. The zero-order valence-electron chi connectivity index (χ0n) is 10.7. The van der Waals surface area contributed by atoms with E-state index in [9.17, 15) is 4.79 Å². The van der Waals surface area contributed by atoms with Gasteiger partial charge in [-0.05, 0) is 26.0 Å². The van der Waals surface area contributed by atoms with E-state index in [4.69, 9.17) is 10.4 Å². The fraction of sp³-hybridized carbons (Fsp3) is 0.250. The van der Waals surface area contributed by atoms with Crippen molar-refractivity contribution in [3.05, 3.63) is 40.9 Å². The van der Waals surface area contributed by atoms with Crippen LogP contribution < -0.4 is 16.6 Å². The van der Waals surface area contributed by atoms with Gasteiger partial charge in [-0.15, -0.1) is 0 Å². The predicted octanol–water partition coefficient (Wildman–Crippen LogP) is 0.902. The van der Waals surface area contributed by atoms with E-state index < -0.39 is 0 Å². The number of hydrogen-bond donors (Lipinski definition) is 3. The molecule has 2 heterocycles. The Kier molecular flexibility index (Phi) is 3.76. The third kappa shape index (κ3) is 3.29. The van der Waals surface area contributed by atoms with Crippen molar-refractivity contribution in [2.24, 2.45) is 5.84 Å². The van der Waals surface area contributed by atoms with Crippen molar-refractivity contribution >= 4 is 11.7 Å². The van der Waals surface area contributed by atoms with Gasteiger partial charge in [0.1, 0.15) is 5.82 Å². The number of rotatable bonds is 4. The van der Waals surface area contributed by atoms with Gasteiger partial charge in [-0.25, -0.2) is 10.8 Å². The first-order chi connectivity index (χ1) is 9.08. The van der Waals surface area contributed by atoms with Crippen LogP contribution in [-0.2, 0) is 6.54 Å². The van der Waals surface area contributed by atoms with E-state index >= 15 is 0 Å². The summed E-state index contributed by atoms with van der Waals surface area (Å²) in [7, 11) is 0. The third-order valence-corrected chi connectivity index (χ3v) is 2.46. The lowest BCUT2D eigenvalue weighted by atomic mass is 10.2. The van der Waals surface area contributed by atoms with Crippen LogP contribution in [0.5, 0.6) is 0 Å². The molecule has 0 bridgehead atoms. The summed E-state index contributed by atoms with van der Waals surface area (Å²) in [6.45, 7) is 3.89. The van der Waals surface area contributed by atoms with Crippen LogP contribution in [0.25, 0.3) is 0 Å². The van der Waals surface area contributed by atoms with Gasteiger partial charge in [0, 0.05) is 17.3 Å². The molecule has 0 aliphatic heterocycles. The number of nitrogens with two attached hydrogens (primary N) is 1. The quantitative estimate of drug-likeness (QED) is 0.557. The SMILES string of the molecule is Cc1cc(CNC(=O)c2cc(C)nc(NN)c2)on1. The Labute approximate surface area is 110 Å². The van der Waals surface area contributed by atoms with Gasteiger partial charge in [0.05, 0.1) is 12.2 Å². The maximum absolute atomic E-state index is 12.0. The number of aromatic nitrogens is 2. The highest BCUT2D eigenvalue weighted by atomic mass is 16.5. The topological polar surface area (TPSA) is 106 Å². The minimum atomic E-state index is -0.226. The highest BCUT2D eigenvalue weighted by molar-refractivity contribution is 5.94. The minimum Gasteiger partial charge on any atom is -0.359 e. The second-order valence-corrected chi connectivity index (χ2v) is 4.14. The van der Waals surface area contributed by atoms with Gasteiger partial charge in [0.2, 0.25) is 0 Å². The zero-order chi connectivity index (χ0) is 13.8. The van der Waals surface area contributed by atoms with Gasteiger partial charge in [-0.3, -0.25) is 4.79 Å². The maximum Gasteiger partial charge on any atom is 0.251 e. The number of nitrogen functional groups attached to an aromatic ring is 1. The molecule has 2 aromatic heterocycles. The Bertz CT molecular complexity index is 594. The van der Waals surface area contributed by atoms with Crippen LogP contribution in [0.3, 0.4) is 0 Å². The lowest BCUT2D eigenvalue weighted by Crippen LogP contribution is -2.23. The van der Waals surface area contributed by atoms with Crippen molar-refractivity contribution in [3.8, 4) is 0 Å². The van der Waals surface area contributed by atoms with Crippen molar-refractivity contribution in [1.29, 1.82) is 0 Å². The van der Waals surface area contributed by atoms with Gasteiger partial charge in [0.25, 0.3) is 5.91 Å².